The van der Waals surface area contributed by atoms with Gasteiger partial charge in [0.1, 0.15) is 4.99 Å². The van der Waals surface area contributed by atoms with E-state index in [4.69, 9.17) is 18.0 Å². The number of aromatic nitrogens is 1. The van der Waals surface area contributed by atoms with Crippen LogP contribution >= 0.6 is 12.2 Å². The van der Waals surface area contributed by atoms with Gasteiger partial charge in [0.2, 0.25) is 0 Å². The molecule has 1 fully saturated rings. The van der Waals surface area contributed by atoms with E-state index in [-0.39, 0.29) is 12.1 Å². The smallest absolute Gasteiger partial charge is 0.122 e. The van der Waals surface area contributed by atoms with Gasteiger partial charge in [-0.2, -0.15) is 0 Å². The fraction of sp³-hybridized carbons (Fsp3) is 0.538. The van der Waals surface area contributed by atoms with Crippen molar-refractivity contribution in [1.82, 2.24) is 4.98 Å². The maximum Gasteiger partial charge on any atom is 0.122 e. The van der Waals surface area contributed by atoms with Crippen molar-refractivity contribution in [2.24, 2.45) is 5.73 Å². The Morgan fingerprint density at radius 2 is 2.11 bits per heavy atom. The Hall–Kier alpha value is -1.20. The first-order valence-electron chi connectivity index (χ1n) is 6.37. The molecular formula is C13H19N3OS. The molecule has 2 atom stereocenters. The van der Waals surface area contributed by atoms with Gasteiger partial charge in [-0.25, -0.2) is 0 Å². The zero-order chi connectivity index (χ0) is 13.0. The average molecular weight is 265 g/mol. The molecule has 4 nitrogen and oxygen atoms in total. The lowest BCUT2D eigenvalue weighted by atomic mass is 10.1. The molecule has 5 heteroatoms. The van der Waals surface area contributed by atoms with Crippen molar-refractivity contribution >= 4 is 22.9 Å². The van der Waals surface area contributed by atoms with Crippen molar-refractivity contribution in [3.05, 3.63) is 24.0 Å². The molecule has 1 aliphatic rings. The first kappa shape index (κ1) is 13.2. The lowest BCUT2D eigenvalue weighted by Crippen LogP contribution is -2.32. The summed E-state index contributed by atoms with van der Waals surface area (Å²) in [5.41, 5.74) is 7.03. The first-order valence-corrected chi connectivity index (χ1v) is 6.78. The first-order chi connectivity index (χ1) is 8.66. The van der Waals surface area contributed by atoms with E-state index < -0.39 is 0 Å². The highest BCUT2D eigenvalue weighted by atomic mass is 32.1. The minimum absolute atomic E-state index is 0.116. The van der Waals surface area contributed by atoms with E-state index in [1.807, 2.05) is 6.07 Å². The van der Waals surface area contributed by atoms with Crippen molar-refractivity contribution in [3.63, 3.8) is 0 Å². The molecule has 1 saturated carbocycles. The summed E-state index contributed by atoms with van der Waals surface area (Å²) in [6.45, 7) is 0. The molecule has 0 amide bonds. The van der Waals surface area contributed by atoms with Crippen molar-refractivity contribution in [1.29, 1.82) is 0 Å². The van der Waals surface area contributed by atoms with Crippen LogP contribution < -0.4 is 11.1 Å². The maximum atomic E-state index is 10.0. The summed E-state index contributed by atoms with van der Waals surface area (Å²) in [7, 11) is 0. The Balaban J connectivity index is 2.01. The standard InChI is InChI=1S/C13H19N3OS/c14-13(18)11-7-6-9(8-15-11)16-10-4-2-1-3-5-12(10)17/h6-8,10,12,16-17H,1-5H2,(H2,14,18). The van der Waals surface area contributed by atoms with Gasteiger partial charge in [0.05, 0.1) is 29.7 Å². The van der Waals surface area contributed by atoms with Crippen LogP contribution in [-0.2, 0) is 0 Å². The number of hydrogen-bond acceptors (Lipinski definition) is 4. The highest BCUT2D eigenvalue weighted by Gasteiger charge is 2.21. The Morgan fingerprint density at radius 1 is 1.33 bits per heavy atom. The molecule has 2 rings (SSSR count). The van der Waals surface area contributed by atoms with Gasteiger partial charge in [-0.15, -0.1) is 0 Å². The second-order valence-electron chi connectivity index (χ2n) is 4.75. The maximum absolute atomic E-state index is 10.0. The highest BCUT2D eigenvalue weighted by molar-refractivity contribution is 7.80. The summed E-state index contributed by atoms with van der Waals surface area (Å²) < 4.78 is 0. The molecule has 2 unspecified atom stereocenters. The van der Waals surface area contributed by atoms with Gasteiger partial charge >= 0.3 is 0 Å². The fourth-order valence-electron chi connectivity index (χ4n) is 2.30. The molecule has 1 aromatic rings. The molecule has 98 valence electrons. The monoisotopic (exact) mass is 265 g/mol. The molecule has 1 aliphatic carbocycles. The van der Waals surface area contributed by atoms with Crippen molar-refractivity contribution in [2.45, 2.75) is 44.2 Å². The summed E-state index contributed by atoms with van der Waals surface area (Å²) in [5, 5.41) is 13.4. The number of pyridine rings is 1. The van der Waals surface area contributed by atoms with Crippen LogP contribution in [0.2, 0.25) is 0 Å². The summed E-state index contributed by atoms with van der Waals surface area (Å²) >= 11 is 4.86. The van der Waals surface area contributed by atoms with E-state index in [2.05, 4.69) is 10.3 Å². The third-order valence-corrected chi connectivity index (χ3v) is 3.56. The number of nitrogens with zero attached hydrogens (tertiary/aromatic N) is 1. The zero-order valence-corrected chi connectivity index (χ0v) is 11.1. The van der Waals surface area contributed by atoms with Crippen LogP contribution in [0.5, 0.6) is 0 Å². The van der Waals surface area contributed by atoms with E-state index >= 15 is 0 Å². The topological polar surface area (TPSA) is 71.2 Å². The Morgan fingerprint density at radius 3 is 2.78 bits per heavy atom. The summed E-state index contributed by atoms with van der Waals surface area (Å²) in [4.78, 5) is 4.48. The Kier molecular flexibility index (Phi) is 4.49. The Labute approximate surface area is 113 Å². The summed E-state index contributed by atoms with van der Waals surface area (Å²) in [6.07, 6.45) is 6.78. The normalized spacial score (nSPS) is 24.3. The van der Waals surface area contributed by atoms with E-state index in [9.17, 15) is 5.11 Å². The molecule has 1 aromatic heterocycles. The van der Waals surface area contributed by atoms with E-state index in [0.717, 1.165) is 31.4 Å². The molecule has 0 saturated heterocycles. The van der Waals surface area contributed by atoms with E-state index in [1.54, 1.807) is 12.3 Å². The van der Waals surface area contributed by atoms with Crippen LogP contribution in [0.4, 0.5) is 5.69 Å². The number of nitrogens with two attached hydrogens (primary N) is 1. The van der Waals surface area contributed by atoms with Gasteiger partial charge < -0.3 is 16.2 Å². The zero-order valence-electron chi connectivity index (χ0n) is 10.3. The second kappa shape index (κ2) is 6.11. The molecule has 1 heterocycles. The molecular weight excluding hydrogens is 246 g/mol. The van der Waals surface area contributed by atoms with Gasteiger partial charge in [-0.3, -0.25) is 4.98 Å². The molecule has 0 aliphatic heterocycles. The minimum Gasteiger partial charge on any atom is -0.391 e. The molecule has 18 heavy (non-hydrogen) atoms. The number of aliphatic hydroxyl groups excluding tert-OH is 1. The number of rotatable bonds is 3. The lowest BCUT2D eigenvalue weighted by molar-refractivity contribution is 0.144. The average Bonchev–Trinajstić information content (AvgIpc) is 2.56. The fourth-order valence-corrected chi connectivity index (χ4v) is 2.42. The van der Waals surface area contributed by atoms with Crippen LogP contribution in [0.25, 0.3) is 0 Å². The largest absolute Gasteiger partial charge is 0.391 e. The molecule has 0 aromatic carbocycles. The van der Waals surface area contributed by atoms with E-state index in [0.29, 0.717) is 10.7 Å². The predicted molar refractivity (Wildman–Crippen MR) is 76.6 cm³/mol. The van der Waals surface area contributed by atoms with Crippen LogP contribution in [-0.4, -0.2) is 27.2 Å². The van der Waals surface area contributed by atoms with Gasteiger partial charge in [0.25, 0.3) is 0 Å². The molecule has 4 N–H and O–H groups in total. The lowest BCUT2D eigenvalue weighted by Gasteiger charge is -2.22. The second-order valence-corrected chi connectivity index (χ2v) is 5.19. The third-order valence-electron chi connectivity index (χ3n) is 3.35. The van der Waals surface area contributed by atoms with Crippen molar-refractivity contribution < 1.29 is 5.11 Å². The van der Waals surface area contributed by atoms with Crippen LogP contribution in [0.1, 0.15) is 37.8 Å². The van der Waals surface area contributed by atoms with Gasteiger partial charge in [0.15, 0.2) is 0 Å². The number of nitrogens with one attached hydrogen (secondary N) is 1. The Bertz CT molecular complexity index is 407. The number of thiocarbonyl (C=S) groups is 1. The van der Waals surface area contributed by atoms with Gasteiger partial charge in [0, 0.05) is 0 Å². The predicted octanol–water partition coefficient (Wildman–Crippen LogP) is 1.82. The quantitative estimate of drug-likeness (QED) is 0.574. The number of aliphatic hydroxyl groups is 1. The molecule has 0 bridgehead atoms. The van der Waals surface area contributed by atoms with Crippen LogP contribution in [0.15, 0.2) is 18.3 Å². The minimum atomic E-state index is -0.275. The van der Waals surface area contributed by atoms with Crippen molar-refractivity contribution in [3.8, 4) is 0 Å². The third kappa shape index (κ3) is 3.40. The van der Waals surface area contributed by atoms with Gasteiger partial charge in [-0.1, -0.05) is 31.5 Å². The highest BCUT2D eigenvalue weighted by Crippen LogP contribution is 2.21. The molecule has 0 spiro atoms. The molecule has 0 radical (unpaired) electrons. The SMILES string of the molecule is NC(=S)c1ccc(NC2CCCCCC2O)cn1. The number of hydrogen-bond donors (Lipinski definition) is 3. The van der Waals surface area contributed by atoms with Crippen LogP contribution in [0, 0.1) is 0 Å². The van der Waals surface area contributed by atoms with E-state index in [1.165, 1.54) is 6.42 Å². The van der Waals surface area contributed by atoms with Crippen LogP contribution in [0.3, 0.4) is 0 Å². The van der Waals surface area contributed by atoms with Gasteiger partial charge in [-0.05, 0) is 25.0 Å². The number of anilines is 1. The summed E-state index contributed by atoms with van der Waals surface area (Å²) in [5.74, 6) is 0. The van der Waals surface area contributed by atoms with Crippen molar-refractivity contribution in [2.75, 3.05) is 5.32 Å². The summed E-state index contributed by atoms with van der Waals surface area (Å²) in [6, 6.07) is 3.82.